The lowest BCUT2D eigenvalue weighted by Crippen LogP contribution is -2.50. The Hall–Kier alpha value is -0.150. The monoisotopic (exact) mass is 420 g/mol. The van der Waals surface area contributed by atoms with Crippen LogP contribution >= 0.6 is 0 Å². The van der Waals surface area contributed by atoms with Gasteiger partial charge >= 0.3 is 0 Å². The molecule has 0 radical (unpaired) electrons. The lowest BCUT2D eigenvalue weighted by atomic mass is 9.47. The van der Waals surface area contributed by atoms with E-state index < -0.39 is 10.8 Å². The molecule has 0 bridgehead atoms. The van der Waals surface area contributed by atoms with Gasteiger partial charge in [0.25, 0.3) is 0 Å². The molecule has 0 aromatic carbocycles. The van der Waals surface area contributed by atoms with Crippen molar-refractivity contribution < 1.29 is 9.32 Å². The van der Waals surface area contributed by atoms with E-state index in [-0.39, 0.29) is 6.10 Å². The van der Waals surface area contributed by atoms with Gasteiger partial charge in [0.2, 0.25) is 0 Å². The van der Waals surface area contributed by atoms with Crippen molar-refractivity contribution in [3.8, 4) is 0 Å². The van der Waals surface area contributed by atoms with Gasteiger partial charge in [0.1, 0.15) is 0 Å². The summed E-state index contributed by atoms with van der Waals surface area (Å²) in [4.78, 5) is 0. The molecule has 1 N–H and O–H groups in total. The summed E-state index contributed by atoms with van der Waals surface area (Å²) in [7, 11) is -0.664. The van der Waals surface area contributed by atoms with Gasteiger partial charge in [0, 0.05) is 21.8 Å². The minimum atomic E-state index is -0.664. The van der Waals surface area contributed by atoms with Gasteiger partial charge in [-0.2, -0.15) is 0 Å². The third-order valence-electron chi connectivity index (χ3n) is 10.1. The fourth-order valence-corrected chi connectivity index (χ4v) is 9.43. The largest absolute Gasteiger partial charge is 0.393 e. The van der Waals surface area contributed by atoms with Gasteiger partial charge in [0.05, 0.1) is 6.10 Å². The molecule has 4 aliphatic carbocycles. The van der Waals surface area contributed by atoms with Crippen molar-refractivity contribution in [1.29, 1.82) is 0 Å². The molecule has 0 amide bonds. The predicted molar refractivity (Wildman–Crippen MR) is 123 cm³/mol. The van der Waals surface area contributed by atoms with Crippen molar-refractivity contribution >= 4 is 10.8 Å². The highest BCUT2D eigenvalue weighted by Crippen LogP contribution is 2.67. The third kappa shape index (κ3) is 3.71. The molecular formula is C26H44O2S. The summed E-state index contributed by atoms with van der Waals surface area (Å²) in [5.41, 5.74) is 2.41. The van der Waals surface area contributed by atoms with Gasteiger partial charge in [-0.1, -0.05) is 46.3 Å². The number of rotatable bonds is 5. The molecule has 4 rings (SSSR count). The van der Waals surface area contributed by atoms with Crippen LogP contribution in [0.4, 0.5) is 0 Å². The molecule has 9 atom stereocenters. The third-order valence-corrected chi connectivity index (χ3v) is 11.8. The van der Waals surface area contributed by atoms with Crippen molar-refractivity contribution in [1.82, 2.24) is 0 Å². The number of hydrogen-bond acceptors (Lipinski definition) is 2. The SMILES string of the molecule is CC(C)S(=O)CC[C@@H](C)C1CCC2C3CC=C4C[C@@H](O)CC[C@]4(C)C3CC[C@@]21C. The van der Waals surface area contributed by atoms with Crippen LogP contribution in [-0.4, -0.2) is 26.4 Å². The summed E-state index contributed by atoms with van der Waals surface area (Å²) in [6.07, 6.45) is 13.5. The molecule has 2 nitrogen and oxygen atoms in total. The molecule has 0 aromatic heterocycles. The quantitative estimate of drug-likeness (QED) is 0.545. The van der Waals surface area contributed by atoms with E-state index in [0.29, 0.717) is 22.0 Å². The molecule has 0 aliphatic heterocycles. The summed E-state index contributed by atoms with van der Waals surface area (Å²) >= 11 is 0. The minimum absolute atomic E-state index is 0.104. The van der Waals surface area contributed by atoms with Gasteiger partial charge in [-0.3, -0.25) is 4.21 Å². The molecule has 0 aromatic rings. The highest BCUT2D eigenvalue weighted by atomic mass is 32.2. The highest BCUT2D eigenvalue weighted by Gasteiger charge is 2.59. The van der Waals surface area contributed by atoms with Gasteiger partial charge < -0.3 is 5.11 Å². The van der Waals surface area contributed by atoms with Crippen molar-refractivity contribution in [3.05, 3.63) is 11.6 Å². The minimum Gasteiger partial charge on any atom is -0.393 e. The Morgan fingerprint density at radius 3 is 2.59 bits per heavy atom. The first-order chi connectivity index (χ1) is 13.7. The maximum atomic E-state index is 12.3. The van der Waals surface area contributed by atoms with E-state index in [1.54, 1.807) is 5.57 Å². The zero-order valence-corrected chi connectivity index (χ0v) is 20.3. The van der Waals surface area contributed by atoms with Crippen molar-refractivity contribution in [2.75, 3.05) is 5.75 Å². The van der Waals surface area contributed by atoms with E-state index in [2.05, 4.69) is 40.7 Å². The first kappa shape index (κ1) is 22.1. The molecule has 3 fully saturated rings. The molecule has 0 saturated heterocycles. The Morgan fingerprint density at radius 2 is 1.86 bits per heavy atom. The van der Waals surface area contributed by atoms with Crippen molar-refractivity contribution in [3.63, 3.8) is 0 Å². The Morgan fingerprint density at radius 1 is 1.10 bits per heavy atom. The maximum absolute atomic E-state index is 12.3. The second kappa shape index (κ2) is 8.08. The fourth-order valence-electron chi connectivity index (χ4n) is 8.36. The van der Waals surface area contributed by atoms with Crippen molar-refractivity contribution in [2.45, 2.75) is 104 Å². The average molecular weight is 421 g/mol. The zero-order chi connectivity index (χ0) is 21.0. The summed E-state index contributed by atoms with van der Waals surface area (Å²) in [5, 5.41) is 10.5. The van der Waals surface area contributed by atoms with E-state index in [4.69, 9.17) is 0 Å². The summed E-state index contributed by atoms with van der Waals surface area (Å²) in [5.74, 6) is 4.93. The number of aliphatic hydroxyl groups excluding tert-OH is 1. The molecular weight excluding hydrogens is 376 g/mol. The molecule has 3 saturated carbocycles. The predicted octanol–water partition coefficient (Wildman–Crippen LogP) is 6.11. The molecule has 3 heteroatoms. The summed E-state index contributed by atoms with van der Waals surface area (Å²) in [6, 6.07) is 0. The molecule has 4 aliphatic rings. The number of fused-ring (bicyclic) bond motifs is 5. The standard InChI is InChI=1S/C26H44O2S/c1-17(2)29(28)15-12-18(3)22-8-9-23-21-7-6-19-16-20(27)10-13-25(19,4)24(21)11-14-26(22,23)5/h6,17-18,20-24,27H,7-16H2,1-5H3/t18-,20+,21?,22?,23?,24?,25+,26-,29?/m1/s1. The second-order valence-corrected chi connectivity index (χ2v) is 13.9. The van der Waals surface area contributed by atoms with Crippen LogP contribution in [0.15, 0.2) is 11.6 Å². The van der Waals surface area contributed by atoms with Crippen LogP contribution in [0.2, 0.25) is 0 Å². The van der Waals surface area contributed by atoms with Gasteiger partial charge in [-0.25, -0.2) is 0 Å². The van der Waals surface area contributed by atoms with E-state index >= 15 is 0 Å². The summed E-state index contributed by atoms with van der Waals surface area (Å²) < 4.78 is 12.3. The average Bonchev–Trinajstić information content (AvgIpc) is 3.03. The van der Waals surface area contributed by atoms with Crippen LogP contribution in [0.5, 0.6) is 0 Å². The smallest absolute Gasteiger partial charge is 0.0577 e. The Bertz CT molecular complexity index is 670. The topological polar surface area (TPSA) is 37.3 Å². The normalized spacial score (nSPS) is 46.4. The summed E-state index contributed by atoms with van der Waals surface area (Å²) in [6.45, 7) is 11.8. The highest BCUT2D eigenvalue weighted by molar-refractivity contribution is 7.85. The first-order valence-corrected chi connectivity index (χ1v) is 13.8. The van der Waals surface area contributed by atoms with Crippen LogP contribution in [0.3, 0.4) is 0 Å². The van der Waals surface area contributed by atoms with Crippen LogP contribution in [0.25, 0.3) is 0 Å². The molecule has 5 unspecified atom stereocenters. The van der Waals surface area contributed by atoms with E-state index in [0.717, 1.165) is 48.7 Å². The van der Waals surface area contributed by atoms with Crippen molar-refractivity contribution in [2.24, 2.45) is 40.4 Å². The van der Waals surface area contributed by atoms with Gasteiger partial charge in [-0.05, 0) is 98.2 Å². The molecule has 0 spiro atoms. The zero-order valence-electron chi connectivity index (χ0n) is 19.5. The van der Waals surface area contributed by atoms with Crippen LogP contribution < -0.4 is 0 Å². The van der Waals surface area contributed by atoms with Crippen LogP contribution in [0.1, 0.15) is 92.4 Å². The Kier molecular flexibility index (Phi) is 6.15. The number of aliphatic hydroxyl groups is 1. The lowest BCUT2D eigenvalue weighted by Gasteiger charge is -2.58. The number of hydrogen-bond donors (Lipinski definition) is 1. The number of allylic oxidation sites excluding steroid dienone is 1. The maximum Gasteiger partial charge on any atom is 0.0577 e. The lowest BCUT2D eigenvalue weighted by molar-refractivity contribution is -0.0568. The van der Waals surface area contributed by atoms with E-state index in [1.807, 2.05) is 0 Å². The van der Waals surface area contributed by atoms with Gasteiger partial charge in [-0.15, -0.1) is 0 Å². The fraction of sp³-hybridized carbons (Fsp3) is 0.923. The molecule has 29 heavy (non-hydrogen) atoms. The van der Waals surface area contributed by atoms with E-state index in [9.17, 15) is 9.32 Å². The second-order valence-electron chi connectivity index (χ2n) is 11.8. The van der Waals surface area contributed by atoms with Gasteiger partial charge in [0.15, 0.2) is 0 Å². The van der Waals surface area contributed by atoms with Crippen LogP contribution in [0, 0.1) is 40.4 Å². The Balaban J connectivity index is 1.49. The molecule has 0 heterocycles. The Labute approximate surface area is 181 Å². The molecule has 166 valence electrons. The van der Waals surface area contributed by atoms with E-state index in [1.165, 1.54) is 38.5 Å². The van der Waals surface area contributed by atoms with Crippen LogP contribution in [-0.2, 0) is 10.8 Å². The first-order valence-electron chi connectivity index (χ1n) is 12.4.